The quantitative estimate of drug-likeness (QED) is 0.670. The summed E-state index contributed by atoms with van der Waals surface area (Å²) in [6.07, 6.45) is 5.34. The van der Waals surface area contributed by atoms with Gasteiger partial charge in [0, 0.05) is 5.56 Å². The molecule has 1 saturated carbocycles. The van der Waals surface area contributed by atoms with E-state index in [0.717, 1.165) is 37.7 Å². The summed E-state index contributed by atoms with van der Waals surface area (Å²) in [4.78, 5) is 12.3. The molecule has 24 heavy (non-hydrogen) atoms. The molecule has 0 aliphatic heterocycles. The van der Waals surface area contributed by atoms with Gasteiger partial charge in [-0.2, -0.15) is 5.26 Å². The highest BCUT2D eigenvalue weighted by atomic mass is 16.1. The number of Topliss-reactive ketones (excluding diaryl/α,β-unsaturated/α-hetero) is 1. The Morgan fingerprint density at radius 2 is 2.00 bits per heavy atom. The molecule has 0 bridgehead atoms. The molecule has 0 unspecified atom stereocenters. The van der Waals surface area contributed by atoms with E-state index in [1.807, 2.05) is 0 Å². The second kappa shape index (κ2) is 5.73. The summed E-state index contributed by atoms with van der Waals surface area (Å²) in [6.45, 7) is 10.5. The third-order valence-electron chi connectivity index (χ3n) is 6.78. The smallest absolute Gasteiger partial charge is 0.160 e. The minimum absolute atomic E-state index is 0.0238. The summed E-state index contributed by atoms with van der Waals surface area (Å²) >= 11 is 0. The number of ketones is 1. The number of nitriles is 1. The molecule has 1 fully saturated rings. The van der Waals surface area contributed by atoms with E-state index in [0.29, 0.717) is 11.8 Å². The average Bonchev–Trinajstić information content (AvgIpc) is 2.53. The molecule has 2 nitrogen and oxygen atoms in total. The second-order valence-corrected chi connectivity index (χ2v) is 8.70. The lowest BCUT2D eigenvalue weighted by Crippen LogP contribution is -2.48. The van der Waals surface area contributed by atoms with Crippen LogP contribution in [-0.2, 0) is 11.8 Å². The maximum Gasteiger partial charge on any atom is 0.160 e. The molecule has 0 N–H and O–H groups in total. The lowest BCUT2D eigenvalue weighted by molar-refractivity contribution is 0.0687. The van der Waals surface area contributed by atoms with Crippen LogP contribution in [0.5, 0.6) is 0 Å². The average molecular weight is 323 g/mol. The molecule has 0 radical (unpaired) electrons. The summed E-state index contributed by atoms with van der Waals surface area (Å²) in [5.41, 5.74) is 4.60. The van der Waals surface area contributed by atoms with Crippen molar-refractivity contribution in [1.29, 1.82) is 5.26 Å². The summed E-state index contributed by atoms with van der Waals surface area (Å²) in [7, 11) is 0. The van der Waals surface area contributed by atoms with Gasteiger partial charge in [0.15, 0.2) is 5.78 Å². The number of nitrogens with zero attached hydrogens (tertiary/aromatic N) is 1. The van der Waals surface area contributed by atoms with E-state index in [2.05, 4.69) is 45.9 Å². The molecule has 3 atom stereocenters. The zero-order chi connectivity index (χ0) is 17.7. The van der Waals surface area contributed by atoms with Gasteiger partial charge in [-0.15, -0.1) is 0 Å². The van der Waals surface area contributed by atoms with Crippen LogP contribution in [0.2, 0.25) is 0 Å². The Bertz CT molecular complexity index is 726. The Hall–Kier alpha value is -1.62. The summed E-state index contributed by atoms with van der Waals surface area (Å²) in [5, 5.41) is 9.81. The van der Waals surface area contributed by atoms with Crippen LogP contribution in [-0.4, -0.2) is 5.78 Å². The molecule has 2 aliphatic rings. The van der Waals surface area contributed by atoms with Crippen molar-refractivity contribution in [3.63, 3.8) is 0 Å². The highest BCUT2D eigenvalue weighted by molar-refractivity contribution is 5.96. The first kappa shape index (κ1) is 17.2. The Balaban J connectivity index is 2.19. The third-order valence-corrected chi connectivity index (χ3v) is 6.78. The van der Waals surface area contributed by atoms with E-state index in [9.17, 15) is 10.1 Å². The first-order valence-corrected chi connectivity index (χ1v) is 9.32. The van der Waals surface area contributed by atoms with Gasteiger partial charge in [0.25, 0.3) is 0 Å². The molecule has 3 rings (SSSR count). The molecule has 2 heteroatoms. The van der Waals surface area contributed by atoms with E-state index in [1.54, 1.807) is 6.92 Å². The number of hydrogen-bond donors (Lipinski definition) is 0. The predicted molar refractivity (Wildman–Crippen MR) is 97.3 cm³/mol. The number of carbonyl (C=O) groups excluding carboxylic acids is 1. The number of fused-ring (bicyclic) bond motifs is 3. The molecule has 1 aromatic carbocycles. The molecule has 0 spiro atoms. The Morgan fingerprint density at radius 1 is 1.29 bits per heavy atom. The van der Waals surface area contributed by atoms with Crippen LogP contribution in [0, 0.1) is 22.7 Å². The highest BCUT2D eigenvalue weighted by Crippen LogP contribution is 2.57. The number of aryl methyl sites for hydroxylation is 1. The Kier molecular flexibility index (Phi) is 4.11. The topological polar surface area (TPSA) is 40.9 Å². The molecule has 0 saturated heterocycles. The lowest BCUT2D eigenvalue weighted by Gasteiger charge is -2.53. The number of hydrogen-bond acceptors (Lipinski definition) is 2. The van der Waals surface area contributed by atoms with Crippen molar-refractivity contribution in [3.05, 3.63) is 34.4 Å². The zero-order valence-corrected chi connectivity index (χ0v) is 15.7. The number of benzene rings is 1. The van der Waals surface area contributed by atoms with Crippen LogP contribution in [0.15, 0.2) is 12.1 Å². The number of carbonyl (C=O) groups is 1. The Morgan fingerprint density at radius 3 is 2.58 bits per heavy atom. The van der Waals surface area contributed by atoms with Crippen LogP contribution in [0.25, 0.3) is 0 Å². The SMILES string of the molecule is CC(=O)c1cc2c(cc1C(C)C)CC[C@H]1[C@](C)(C#N)CCC[C@]21C. The zero-order valence-electron chi connectivity index (χ0n) is 15.7. The molecule has 0 heterocycles. The largest absolute Gasteiger partial charge is 0.295 e. The monoisotopic (exact) mass is 323 g/mol. The van der Waals surface area contributed by atoms with Gasteiger partial charge in [0.1, 0.15) is 0 Å². The van der Waals surface area contributed by atoms with E-state index in [1.165, 1.54) is 16.7 Å². The first-order valence-electron chi connectivity index (χ1n) is 9.32. The van der Waals surface area contributed by atoms with Gasteiger partial charge in [0.2, 0.25) is 0 Å². The van der Waals surface area contributed by atoms with Crippen LogP contribution >= 0.6 is 0 Å². The molecular formula is C22H29NO. The van der Waals surface area contributed by atoms with Gasteiger partial charge < -0.3 is 0 Å². The van der Waals surface area contributed by atoms with Crippen LogP contribution in [0.1, 0.15) is 93.3 Å². The fraction of sp³-hybridized carbons (Fsp3) is 0.636. The number of rotatable bonds is 2. The minimum Gasteiger partial charge on any atom is -0.295 e. The van der Waals surface area contributed by atoms with Crippen molar-refractivity contribution in [2.45, 2.75) is 78.1 Å². The van der Waals surface area contributed by atoms with Crippen molar-refractivity contribution < 1.29 is 4.79 Å². The van der Waals surface area contributed by atoms with Crippen LogP contribution in [0.3, 0.4) is 0 Å². The van der Waals surface area contributed by atoms with Gasteiger partial charge in [0.05, 0.1) is 11.5 Å². The van der Waals surface area contributed by atoms with E-state index >= 15 is 0 Å². The van der Waals surface area contributed by atoms with Gasteiger partial charge >= 0.3 is 0 Å². The third kappa shape index (κ3) is 2.41. The van der Waals surface area contributed by atoms with Gasteiger partial charge in [-0.05, 0) is 79.5 Å². The normalized spacial score (nSPS) is 32.0. The van der Waals surface area contributed by atoms with Crippen LogP contribution < -0.4 is 0 Å². The summed E-state index contributed by atoms with van der Waals surface area (Å²) in [6, 6.07) is 7.11. The summed E-state index contributed by atoms with van der Waals surface area (Å²) in [5.74, 6) is 0.905. The van der Waals surface area contributed by atoms with Crippen molar-refractivity contribution in [3.8, 4) is 6.07 Å². The second-order valence-electron chi connectivity index (χ2n) is 8.70. The highest BCUT2D eigenvalue weighted by Gasteiger charge is 2.52. The van der Waals surface area contributed by atoms with Crippen molar-refractivity contribution in [2.24, 2.45) is 11.3 Å². The lowest BCUT2D eigenvalue weighted by atomic mass is 9.50. The van der Waals surface area contributed by atoms with E-state index < -0.39 is 0 Å². The molecule has 128 valence electrons. The van der Waals surface area contributed by atoms with Gasteiger partial charge in [-0.25, -0.2) is 0 Å². The maximum absolute atomic E-state index is 12.3. The van der Waals surface area contributed by atoms with Crippen molar-refractivity contribution in [2.75, 3.05) is 0 Å². The summed E-state index contributed by atoms with van der Waals surface area (Å²) < 4.78 is 0. The first-order chi connectivity index (χ1) is 11.2. The van der Waals surface area contributed by atoms with Gasteiger partial charge in [-0.1, -0.05) is 33.3 Å². The van der Waals surface area contributed by atoms with E-state index in [-0.39, 0.29) is 16.6 Å². The molecule has 0 amide bonds. The minimum atomic E-state index is -0.238. The fourth-order valence-corrected chi connectivity index (χ4v) is 5.45. The van der Waals surface area contributed by atoms with Crippen LogP contribution in [0.4, 0.5) is 0 Å². The fourth-order valence-electron chi connectivity index (χ4n) is 5.45. The standard InChI is InChI=1S/C22H29NO/c1-14(2)17-11-16-7-8-20-21(4,13-23)9-6-10-22(20,5)19(16)12-18(17)15(3)24/h11-12,14,20H,6-10H2,1-5H3/t20-,21-,22+/m0/s1. The Labute approximate surface area is 146 Å². The molecular weight excluding hydrogens is 294 g/mol. The van der Waals surface area contributed by atoms with Crippen molar-refractivity contribution in [1.82, 2.24) is 0 Å². The molecule has 1 aromatic rings. The molecule has 0 aromatic heterocycles. The maximum atomic E-state index is 12.3. The molecule has 2 aliphatic carbocycles. The predicted octanol–water partition coefficient (Wildman–Crippen LogP) is 5.55. The van der Waals surface area contributed by atoms with Crippen molar-refractivity contribution >= 4 is 5.78 Å². The van der Waals surface area contributed by atoms with E-state index in [4.69, 9.17) is 0 Å². The van der Waals surface area contributed by atoms with Gasteiger partial charge in [-0.3, -0.25) is 4.79 Å².